The van der Waals surface area contributed by atoms with Crippen LogP contribution in [0.4, 0.5) is 0 Å². The average Bonchev–Trinajstić information content (AvgIpc) is 3.97. The van der Waals surface area contributed by atoms with Crippen molar-refractivity contribution in [2.75, 3.05) is 0 Å². The average molecular weight is 733 g/mol. The van der Waals surface area contributed by atoms with Crippen molar-refractivity contribution in [3.8, 4) is 16.8 Å². The highest BCUT2D eigenvalue weighted by atomic mass is 16.3. The topological polar surface area (TPSA) is 68.0 Å². The van der Waals surface area contributed by atoms with Crippen molar-refractivity contribution >= 4 is 77.4 Å². The molecule has 1 aliphatic rings. The van der Waals surface area contributed by atoms with Gasteiger partial charge in [-0.25, -0.2) is 9.98 Å². The maximum absolute atomic E-state index is 7.01. The van der Waals surface area contributed by atoms with Gasteiger partial charge in [0.1, 0.15) is 28.2 Å². The SMILES string of the molecule is c1ccc(C2=NC(c3cccc4c3oc3c(-c5cccc6c5oc5cccc(-n7c8ccccc8c8ccccc87)c56)cccc34)NC(c3ccccc3)=N2)cc1. The van der Waals surface area contributed by atoms with E-state index in [-0.39, 0.29) is 0 Å². The molecular formula is C51H32N4O2. The Morgan fingerprint density at radius 2 is 1.02 bits per heavy atom. The zero-order chi connectivity index (χ0) is 37.5. The first-order chi connectivity index (χ1) is 28.3. The van der Waals surface area contributed by atoms with Gasteiger partial charge in [0, 0.05) is 54.7 Å². The number of nitrogens with zero attached hydrogens (tertiary/aromatic N) is 3. The maximum atomic E-state index is 7.01. The van der Waals surface area contributed by atoms with Gasteiger partial charge in [-0.3, -0.25) is 0 Å². The zero-order valence-electron chi connectivity index (χ0n) is 30.6. The van der Waals surface area contributed by atoms with Crippen LogP contribution >= 0.6 is 0 Å². The molecule has 12 rings (SSSR count). The van der Waals surface area contributed by atoms with Crippen molar-refractivity contribution in [1.82, 2.24) is 9.88 Å². The van der Waals surface area contributed by atoms with Crippen LogP contribution in [0.3, 0.4) is 0 Å². The van der Waals surface area contributed by atoms with Gasteiger partial charge in [0.15, 0.2) is 12.0 Å². The second-order valence-electron chi connectivity index (χ2n) is 14.5. The lowest BCUT2D eigenvalue weighted by Gasteiger charge is -2.23. The summed E-state index contributed by atoms with van der Waals surface area (Å²) in [5.74, 6) is 1.43. The molecule has 0 bridgehead atoms. The Balaban J connectivity index is 1.04. The van der Waals surface area contributed by atoms with E-state index in [0.717, 1.165) is 94.3 Å². The van der Waals surface area contributed by atoms with Gasteiger partial charge in [-0.2, -0.15) is 0 Å². The molecule has 0 fully saturated rings. The van der Waals surface area contributed by atoms with E-state index in [1.165, 1.54) is 10.8 Å². The highest BCUT2D eigenvalue weighted by Crippen LogP contribution is 2.44. The predicted octanol–water partition coefficient (Wildman–Crippen LogP) is 12.7. The molecule has 3 aromatic heterocycles. The quantitative estimate of drug-likeness (QED) is 0.192. The molecular weight excluding hydrogens is 701 g/mol. The summed E-state index contributed by atoms with van der Waals surface area (Å²) in [5.41, 5.74) is 11.5. The van der Waals surface area contributed by atoms with Crippen LogP contribution in [0, 0.1) is 0 Å². The van der Waals surface area contributed by atoms with Gasteiger partial charge in [-0.15, -0.1) is 0 Å². The smallest absolute Gasteiger partial charge is 0.159 e. The number of benzene rings is 8. The maximum Gasteiger partial charge on any atom is 0.159 e. The second-order valence-corrected chi connectivity index (χ2v) is 14.5. The number of aliphatic imine (C=N–C) groups is 2. The Kier molecular flexibility index (Phi) is 6.89. The Morgan fingerprint density at radius 3 is 1.74 bits per heavy atom. The molecule has 4 heterocycles. The van der Waals surface area contributed by atoms with Crippen molar-refractivity contribution in [2.24, 2.45) is 9.98 Å². The summed E-state index contributed by atoms with van der Waals surface area (Å²) in [4.78, 5) is 10.2. The van der Waals surface area contributed by atoms with Crippen molar-refractivity contribution in [2.45, 2.75) is 6.17 Å². The van der Waals surface area contributed by atoms with Crippen LogP contribution in [0.25, 0.3) is 82.5 Å². The number of rotatable bonds is 5. The molecule has 1 unspecified atom stereocenters. The third kappa shape index (κ3) is 4.84. The van der Waals surface area contributed by atoms with E-state index in [1.807, 2.05) is 48.5 Å². The number of fused-ring (bicyclic) bond motifs is 9. The van der Waals surface area contributed by atoms with E-state index in [1.54, 1.807) is 0 Å². The largest absolute Gasteiger partial charge is 0.455 e. The van der Waals surface area contributed by atoms with Crippen LogP contribution in [-0.4, -0.2) is 16.2 Å². The van der Waals surface area contributed by atoms with Gasteiger partial charge in [0.25, 0.3) is 0 Å². The number of furan rings is 2. The summed E-state index contributed by atoms with van der Waals surface area (Å²) in [7, 11) is 0. The standard InChI is InChI=1S/C51H32N4O2/c1-3-15-31(16-4-1)49-52-50(32-17-5-2-6-18-32)54-51(53-49)40-26-13-24-38-36-22-11-21-35(46(36)57-48(38)40)37-23-12-25-39-45-43(29-14-30-44(45)56-47(37)39)55-41-27-9-7-19-33(41)34-20-8-10-28-42(34)55/h1-30,51H,(H,52,53,54). The van der Waals surface area contributed by atoms with E-state index in [9.17, 15) is 0 Å². The van der Waals surface area contributed by atoms with E-state index in [4.69, 9.17) is 18.8 Å². The molecule has 268 valence electrons. The number of hydrogen-bond acceptors (Lipinski definition) is 5. The lowest BCUT2D eigenvalue weighted by atomic mass is 9.99. The zero-order valence-corrected chi connectivity index (χ0v) is 30.6. The molecule has 0 amide bonds. The minimum atomic E-state index is -0.432. The Morgan fingerprint density at radius 1 is 0.456 bits per heavy atom. The van der Waals surface area contributed by atoms with Crippen molar-refractivity contribution in [1.29, 1.82) is 0 Å². The molecule has 0 radical (unpaired) electrons. The van der Waals surface area contributed by atoms with E-state index in [2.05, 4.69) is 143 Å². The van der Waals surface area contributed by atoms with Gasteiger partial charge < -0.3 is 18.7 Å². The van der Waals surface area contributed by atoms with Crippen LogP contribution in [0.2, 0.25) is 0 Å². The predicted molar refractivity (Wildman–Crippen MR) is 233 cm³/mol. The molecule has 6 heteroatoms. The van der Waals surface area contributed by atoms with E-state index < -0.39 is 6.17 Å². The number of nitrogens with one attached hydrogen (secondary N) is 1. The van der Waals surface area contributed by atoms with Gasteiger partial charge in [0.2, 0.25) is 0 Å². The summed E-state index contributed by atoms with van der Waals surface area (Å²) in [6, 6.07) is 63.0. The Labute approximate surface area is 326 Å². The number of hydrogen-bond donors (Lipinski definition) is 1. The molecule has 1 atom stereocenters. The van der Waals surface area contributed by atoms with E-state index in [0.29, 0.717) is 5.84 Å². The van der Waals surface area contributed by atoms with Crippen molar-refractivity contribution in [3.63, 3.8) is 0 Å². The Bertz CT molecular complexity index is 3390. The molecule has 8 aromatic carbocycles. The Hall–Kier alpha value is -7.70. The second kappa shape index (κ2) is 12.4. The fourth-order valence-electron chi connectivity index (χ4n) is 8.75. The molecule has 57 heavy (non-hydrogen) atoms. The molecule has 1 N–H and O–H groups in total. The van der Waals surface area contributed by atoms with Gasteiger partial charge in [0.05, 0.1) is 22.1 Å². The molecule has 0 saturated carbocycles. The molecule has 0 aliphatic carbocycles. The van der Waals surface area contributed by atoms with E-state index >= 15 is 0 Å². The molecule has 1 aliphatic heterocycles. The molecule has 0 saturated heterocycles. The monoisotopic (exact) mass is 732 g/mol. The van der Waals surface area contributed by atoms with Crippen LogP contribution in [0.15, 0.2) is 201 Å². The summed E-state index contributed by atoms with van der Waals surface area (Å²) in [6.07, 6.45) is -0.432. The summed E-state index contributed by atoms with van der Waals surface area (Å²) in [5, 5.41) is 10.3. The van der Waals surface area contributed by atoms with Crippen LogP contribution in [0.5, 0.6) is 0 Å². The number of aromatic nitrogens is 1. The molecule has 11 aromatic rings. The minimum Gasteiger partial charge on any atom is -0.455 e. The lowest BCUT2D eigenvalue weighted by Crippen LogP contribution is -2.33. The summed E-state index contributed by atoms with van der Waals surface area (Å²) >= 11 is 0. The van der Waals surface area contributed by atoms with Crippen molar-refractivity contribution in [3.05, 3.63) is 199 Å². The number of para-hydroxylation sites is 5. The molecule has 0 spiro atoms. The lowest BCUT2D eigenvalue weighted by molar-refractivity contribution is 0.629. The van der Waals surface area contributed by atoms with Crippen molar-refractivity contribution < 1.29 is 8.83 Å². The minimum absolute atomic E-state index is 0.432. The van der Waals surface area contributed by atoms with Gasteiger partial charge >= 0.3 is 0 Å². The first-order valence-electron chi connectivity index (χ1n) is 19.2. The normalized spacial score (nSPS) is 14.5. The highest BCUT2D eigenvalue weighted by molar-refractivity contribution is 6.19. The van der Waals surface area contributed by atoms with Crippen LogP contribution in [-0.2, 0) is 0 Å². The van der Waals surface area contributed by atoms with Crippen LogP contribution < -0.4 is 5.32 Å². The van der Waals surface area contributed by atoms with Gasteiger partial charge in [-0.1, -0.05) is 158 Å². The fourth-order valence-corrected chi connectivity index (χ4v) is 8.75. The third-order valence-electron chi connectivity index (χ3n) is 11.3. The summed E-state index contributed by atoms with van der Waals surface area (Å²) < 4.78 is 16.2. The first kappa shape index (κ1) is 31.6. The fraction of sp³-hybridized carbons (Fsp3) is 0.0196. The van der Waals surface area contributed by atoms with Gasteiger partial charge in [-0.05, 0) is 24.3 Å². The number of amidine groups is 2. The molecule has 6 nitrogen and oxygen atoms in total. The third-order valence-corrected chi connectivity index (χ3v) is 11.3. The highest BCUT2D eigenvalue weighted by Gasteiger charge is 2.26. The summed E-state index contributed by atoms with van der Waals surface area (Å²) in [6.45, 7) is 0. The first-order valence-corrected chi connectivity index (χ1v) is 19.2. The van der Waals surface area contributed by atoms with Crippen LogP contribution in [0.1, 0.15) is 22.9 Å².